The van der Waals surface area contributed by atoms with Crippen LogP contribution in [-0.2, 0) is 46.4 Å². The topological polar surface area (TPSA) is 148 Å². The third-order valence-corrected chi connectivity index (χ3v) is 4.00. The van der Waals surface area contributed by atoms with E-state index in [-0.39, 0.29) is 26.4 Å². The Morgan fingerprint density at radius 1 is 0.704 bits per heavy atom. The van der Waals surface area contributed by atoms with Crippen LogP contribution in [0.25, 0.3) is 0 Å². The fraction of sp³-hybridized carbons (Fsp3) is 1.00. The van der Waals surface area contributed by atoms with Crippen LogP contribution in [0, 0.1) is 0 Å². The summed E-state index contributed by atoms with van der Waals surface area (Å²) < 4.78 is 60.5. The van der Waals surface area contributed by atoms with E-state index in [1.165, 1.54) is 0 Å². The van der Waals surface area contributed by atoms with E-state index in [1.54, 1.807) is 0 Å². The molecule has 14 heteroatoms. The van der Waals surface area contributed by atoms with Crippen LogP contribution in [0.3, 0.4) is 0 Å². The van der Waals surface area contributed by atoms with Crippen molar-refractivity contribution in [2.45, 2.75) is 0 Å². The first-order valence-electron chi connectivity index (χ1n) is 8.19. The zero-order valence-electron chi connectivity index (χ0n) is 15.4. The van der Waals surface area contributed by atoms with E-state index in [1.807, 2.05) is 0 Å². The van der Waals surface area contributed by atoms with Crippen LogP contribution in [0.5, 0.6) is 0 Å². The van der Waals surface area contributed by atoms with Crippen LogP contribution in [-0.4, -0.2) is 96.2 Å². The smallest absolute Gasteiger partial charge is 0.377 e. The molecule has 2 unspecified atom stereocenters. The third-order valence-electron chi connectivity index (χ3n) is 2.63. The molecule has 0 spiro atoms. The predicted octanol–water partition coefficient (Wildman–Crippen LogP) is 0.499. The first-order chi connectivity index (χ1) is 13.0. The molecule has 0 aliphatic rings. The van der Waals surface area contributed by atoms with Crippen molar-refractivity contribution in [1.82, 2.24) is 0 Å². The lowest BCUT2D eigenvalue weighted by Gasteiger charge is -2.09. The molecule has 27 heavy (non-hydrogen) atoms. The number of hydrogen-bond acceptors (Lipinski definition) is 10. The molecule has 162 valence electrons. The van der Waals surface area contributed by atoms with E-state index in [4.69, 9.17) is 33.5 Å². The van der Waals surface area contributed by atoms with Crippen LogP contribution in [0.1, 0.15) is 0 Å². The summed E-state index contributed by atoms with van der Waals surface area (Å²) in [4.78, 5) is 17.3. The van der Waals surface area contributed by atoms with E-state index in [2.05, 4.69) is 13.6 Å². The fourth-order valence-electron chi connectivity index (χ4n) is 1.42. The maximum absolute atomic E-state index is 11.0. The molecule has 0 aromatic rings. The summed E-state index contributed by atoms with van der Waals surface area (Å²) in [6, 6.07) is 0. The van der Waals surface area contributed by atoms with Gasteiger partial charge in [0.05, 0.1) is 72.7 Å². The minimum Gasteiger partial charge on any atom is -0.377 e. The van der Waals surface area contributed by atoms with E-state index in [0.717, 1.165) is 7.11 Å². The Morgan fingerprint density at radius 3 is 1.37 bits per heavy atom. The fourth-order valence-corrected chi connectivity index (χ4v) is 2.06. The second-order valence-electron chi connectivity index (χ2n) is 4.62. The zero-order chi connectivity index (χ0) is 20.2. The lowest BCUT2D eigenvalue weighted by atomic mass is 10.7. The molecule has 0 heterocycles. The summed E-state index contributed by atoms with van der Waals surface area (Å²) in [6.45, 7) is 3.51. The number of hydrogen-bond donors (Lipinski definition) is 2. The van der Waals surface area contributed by atoms with Gasteiger partial charge >= 0.3 is 16.1 Å². The van der Waals surface area contributed by atoms with Gasteiger partial charge in [-0.3, -0.25) is 9.05 Å². The van der Waals surface area contributed by atoms with E-state index >= 15 is 0 Å². The van der Waals surface area contributed by atoms with Crippen molar-refractivity contribution < 1.29 is 56.2 Å². The van der Waals surface area contributed by atoms with Crippen LogP contribution in [0.4, 0.5) is 0 Å². The Bertz CT molecular complexity index is 397. The minimum absolute atomic E-state index is 0.0481. The molecule has 0 radical (unpaired) electrons. The highest BCUT2D eigenvalue weighted by Crippen LogP contribution is 2.41. The van der Waals surface area contributed by atoms with Crippen molar-refractivity contribution in [3.63, 3.8) is 0 Å². The maximum Gasteiger partial charge on any atom is 0.694 e. The average Bonchev–Trinajstić information content (AvgIpc) is 2.63. The zero-order valence-corrected chi connectivity index (χ0v) is 17.1. The van der Waals surface area contributed by atoms with Gasteiger partial charge in [0.2, 0.25) is 0 Å². The second kappa shape index (κ2) is 19.3. The molecular formula is C13H29O12P2+. The standard InChI is InChI=1S/C13H28O12P2/c1-18-27(16,17)25-13-11-23-9-7-21-5-3-19-2-4-20-6-8-22-10-12-24-26(14)15/h2-13H2,1H3,(H-,14,15,16,17)/p+1. The van der Waals surface area contributed by atoms with Crippen molar-refractivity contribution >= 4 is 16.1 Å². The molecule has 0 amide bonds. The first-order valence-corrected chi connectivity index (χ1v) is 10.8. The van der Waals surface area contributed by atoms with Gasteiger partial charge in [-0.25, -0.2) is 4.57 Å². The molecule has 0 aromatic heterocycles. The normalized spacial score (nSPS) is 14.3. The molecule has 0 saturated carbocycles. The largest absolute Gasteiger partial charge is 0.694 e. The quantitative estimate of drug-likeness (QED) is 0.189. The van der Waals surface area contributed by atoms with Crippen LogP contribution >= 0.6 is 16.1 Å². The molecule has 0 aliphatic carbocycles. The summed E-state index contributed by atoms with van der Waals surface area (Å²) in [5, 5.41) is 0. The van der Waals surface area contributed by atoms with Gasteiger partial charge in [-0.1, -0.05) is 0 Å². The SMILES string of the molecule is COP(=O)(O)OCCOCCOCCOCCOCCOCCO[P+](=O)O. The van der Waals surface area contributed by atoms with Crippen molar-refractivity contribution in [3.8, 4) is 0 Å². The molecule has 2 N–H and O–H groups in total. The highest BCUT2D eigenvalue weighted by atomic mass is 31.2. The predicted molar refractivity (Wildman–Crippen MR) is 92.7 cm³/mol. The van der Waals surface area contributed by atoms with E-state index < -0.39 is 16.1 Å². The highest BCUT2D eigenvalue weighted by Gasteiger charge is 2.17. The van der Waals surface area contributed by atoms with Gasteiger partial charge in [-0.05, 0) is 0 Å². The van der Waals surface area contributed by atoms with Gasteiger partial charge in [0.25, 0.3) is 0 Å². The lowest BCUT2D eigenvalue weighted by Crippen LogP contribution is -2.14. The molecule has 0 saturated heterocycles. The van der Waals surface area contributed by atoms with Gasteiger partial charge in [0.1, 0.15) is 6.61 Å². The Hall–Kier alpha value is -0.0700. The van der Waals surface area contributed by atoms with E-state index in [0.29, 0.717) is 52.9 Å². The van der Waals surface area contributed by atoms with Gasteiger partial charge < -0.3 is 28.6 Å². The summed E-state index contributed by atoms with van der Waals surface area (Å²) in [7, 11) is -5.42. The molecule has 12 nitrogen and oxygen atoms in total. The van der Waals surface area contributed by atoms with Crippen molar-refractivity contribution in [3.05, 3.63) is 0 Å². The molecule has 0 fully saturated rings. The molecular weight excluding hydrogens is 410 g/mol. The monoisotopic (exact) mass is 439 g/mol. The molecule has 0 bridgehead atoms. The lowest BCUT2D eigenvalue weighted by molar-refractivity contribution is -0.0147. The summed E-state index contributed by atoms with van der Waals surface area (Å²) in [5.41, 5.74) is 0. The number of phosphoric ester groups is 1. The van der Waals surface area contributed by atoms with Crippen LogP contribution in [0.15, 0.2) is 0 Å². The second-order valence-corrected chi connectivity index (χ2v) is 6.91. The number of rotatable bonds is 21. The van der Waals surface area contributed by atoms with Crippen molar-refractivity contribution in [2.75, 3.05) is 86.4 Å². The van der Waals surface area contributed by atoms with E-state index in [9.17, 15) is 9.13 Å². The molecule has 0 aliphatic heterocycles. The Kier molecular flexibility index (Phi) is 19.2. The maximum atomic E-state index is 11.0. The van der Waals surface area contributed by atoms with Gasteiger partial charge in [-0.15, -0.1) is 9.42 Å². The number of phosphoric acid groups is 1. The number of ether oxygens (including phenoxy) is 5. The first kappa shape index (κ1) is 26.9. The van der Waals surface area contributed by atoms with Crippen molar-refractivity contribution in [2.24, 2.45) is 0 Å². The Labute approximate surface area is 159 Å². The van der Waals surface area contributed by atoms with Gasteiger partial charge in [0.15, 0.2) is 0 Å². The van der Waals surface area contributed by atoms with Crippen LogP contribution in [0.2, 0.25) is 0 Å². The Balaban J connectivity index is 3.09. The molecule has 2 atom stereocenters. The molecule has 0 aromatic carbocycles. The molecule has 0 rings (SSSR count). The summed E-state index contributed by atoms with van der Waals surface area (Å²) in [6.07, 6.45) is 0. The summed E-state index contributed by atoms with van der Waals surface area (Å²) in [5.74, 6) is 0. The highest BCUT2D eigenvalue weighted by molar-refractivity contribution is 7.47. The Morgan fingerprint density at radius 2 is 1.04 bits per heavy atom. The van der Waals surface area contributed by atoms with Crippen molar-refractivity contribution in [1.29, 1.82) is 0 Å². The van der Waals surface area contributed by atoms with Gasteiger partial charge in [0, 0.05) is 11.7 Å². The summed E-state index contributed by atoms with van der Waals surface area (Å²) >= 11 is 0. The average molecular weight is 439 g/mol. The minimum atomic E-state index is -3.94. The van der Waals surface area contributed by atoms with Gasteiger partial charge in [-0.2, -0.15) is 0 Å². The third kappa shape index (κ3) is 22.1. The van der Waals surface area contributed by atoms with Crippen LogP contribution < -0.4 is 0 Å².